The Hall–Kier alpha value is -1.62. The van der Waals surface area contributed by atoms with Gasteiger partial charge in [0.1, 0.15) is 0 Å². The zero-order valence-corrected chi connectivity index (χ0v) is 7.43. The molecule has 1 saturated heterocycles. The molecule has 1 aliphatic heterocycles. The fourth-order valence-corrected chi connectivity index (χ4v) is 1.71. The van der Waals surface area contributed by atoms with Crippen molar-refractivity contribution in [3.8, 4) is 0 Å². The molecule has 3 heterocycles. The molecule has 2 aromatic rings. The molecule has 0 bridgehead atoms. The number of rotatable bonds is 1. The highest BCUT2D eigenvalue weighted by Gasteiger charge is 2.23. The van der Waals surface area contributed by atoms with Gasteiger partial charge in [-0.15, -0.1) is 0 Å². The molecule has 0 unspecified atom stereocenters. The minimum atomic E-state index is -0.0821. The SMILES string of the molecule is O=c1[nH]c2cnccc2n1C1COC1. The molecule has 0 aliphatic carbocycles. The number of ether oxygens (including phenoxy) is 1. The molecule has 0 atom stereocenters. The first-order chi connectivity index (χ1) is 6.86. The van der Waals surface area contributed by atoms with Gasteiger partial charge in [0.15, 0.2) is 0 Å². The Morgan fingerprint density at radius 2 is 2.43 bits per heavy atom. The van der Waals surface area contributed by atoms with Crippen LogP contribution in [0, 0.1) is 0 Å². The van der Waals surface area contributed by atoms with E-state index in [1.54, 1.807) is 17.0 Å². The smallest absolute Gasteiger partial charge is 0.326 e. The number of hydrogen-bond donors (Lipinski definition) is 1. The summed E-state index contributed by atoms with van der Waals surface area (Å²) in [6.07, 6.45) is 3.35. The van der Waals surface area contributed by atoms with Gasteiger partial charge in [0.05, 0.1) is 36.5 Å². The van der Waals surface area contributed by atoms with Crippen LogP contribution in [0.3, 0.4) is 0 Å². The predicted octanol–water partition coefficient (Wildman–Crippen LogP) is 0.296. The zero-order valence-electron chi connectivity index (χ0n) is 7.43. The van der Waals surface area contributed by atoms with Crippen molar-refractivity contribution in [2.24, 2.45) is 0 Å². The van der Waals surface area contributed by atoms with E-state index in [-0.39, 0.29) is 11.7 Å². The van der Waals surface area contributed by atoms with Crippen molar-refractivity contribution < 1.29 is 4.74 Å². The van der Waals surface area contributed by atoms with Crippen LogP contribution in [0.15, 0.2) is 23.3 Å². The predicted molar refractivity (Wildman–Crippen MR) is 50.2 cm³/mol. The molecule has 14 heavy (non-hydrogen) atoms. The molecule has 1 N–H and O–H groups in total. The fourth-order valence-electron chi connectivity index (χ4n) is 1.71. The van der Waals surface area contributed by atoms with Gasteiger partial charge in [-0.25, -0.2) is 4.79 Å². The highest BCUT2D eigenvalue weighted by atomic mass is 16.5. The molecular weight excluding hydrogens is 182 g/mol. The Balaban J connectivity index is 2.29. The van der Waals surface area contributed by atoms with Crippen molar-refractivity contribution in [3.63, 3.8) is 0 Å². The normalized spacial score (nSPS) is 17.1. The van der Waals surface area contributed by atoms with E-state index in [0.29, 0.717) is 13.2 Å². The van der Waals surface area contributed by atoms with Crippen molar-refractivity contribution in [1.82, 2.24) is 14.5 Å². The number of aromatic amines is 1. The van der Waals surface area contributed by atoms with Gasteiger partial charge in [-0.1, -0.05) is 0 Å². The molecule has 5 nitrogen and oxygen atoms in total. The lowest BCUT2D eigenvalue weighted by atomic mass is 10.2. The number of pyridine rings is 1. The summed E-state index contributed by atoms with van der Waals surface area (Å²) in [7, 11) is 0. The van der Waals surface area contributed by atoms with E-state index in [1.807, 2.05) is 6.07 Å². The van der Waals surface area contributed by atoms with Crippen LogP contribution >= 0.6 is 0 Å². The minimum absolute atomic E-state index is 0.0821. The van der Waals surface area contributed by atoms with Crippen LogP contribution in [0.2, 0.25) is 0 Å². The number of nitrogens with one attached hydrogen (secondary N) is 1. The summed E-state index contributed by atoms with van der Waals surface area (Å²) < 4.78 is 6.81. The summed E-state index contributed by atoms with van der Waals surface area (Å²) in [5.41, 5.74) is 1.60. The van der Waals surface area contributed by atoms with Crippen LogP contribution in [0.25, 0.3) is 11.0 Å². The largest absolute Gasteiger partial charge is 0.377 e. The van der Waals surface area contributed by atoms with E-state index in [0.717, 1.165) is 11.0 Å². The van der Waals surface area contributed by atoms with Crippen LogP contribution in [-0.4, -0.2) is 27.7 Å². The second kappa shape index (κ2) is 2.68. The average Bonchev–Trinajstić information content (AvgIpc) is 2.41. The highest BCUT2D eigenvalue weighted by Crippen LogP contribution is 2.19. The molecule has 1 aliphatic rings. The summed E-state index contributed by atoms with van der Waals surface area (Å²) in [6.45, 7) is 1.24. The number of aromatic nitrogens is 3. The molecule has 2 aromatic heterocycles. The molecule has 5 heteroatoms. The summed E-state index contributed by atoms with van der Waals surface area (Å²) in [5.74, 6) is 0. The van der Waals surface area contributed by atoms with Gasteiger partial charge in [0.25, 0.3) is 0 Å². The third-order valence-electron chi connectivity index (χ3n) is 2.50. The maximum Gasteiger partial charge on any atom is 0.326 e. The molecule has 72 valence electrons. The van der Waals surface area contributed by atoms with Gasteiger partial charge in [0.2, 0.25) is 0 Å². The number of H-pyrrole nitrogens is 1. The third kappa shape index (κ3) is 0.927. The summed E-state index contributed by atoms with van der Waals surface area (Å²) in [6, 6.07) is 2.02. The Morgan fingerprint density at radius 1 is 1.57 bits per heavy atom. The van der Waals surface area contributed by atoms with Crippen LogP contribution < -0.4 is 5.69 Å². The zero-order chi connectivity index (χ0) is 9.54. The number of nitrogens with zero attached hydrogens (tertiary/aromatic N) is 2. The Bertz CT molecular complexity index is 524. The van der Waals surface area contributed by atoms with Gasteiger partial charge in [-0.2, -0.15) is 0 Å². The molecule has 0 amide bonds. The van der Waals surface area contributed by atoms with Crippen LogP contribution in [-0.2, 0) is 4.74 Å². The van der Waals surface area contributed by atoms with Gasteiger partial charge >= 0.3 is 5.69 Å². The molecule has 0 aromatic carbocycles. The van der Waals surface area contributed by atoms with Gasteiger partial charge < -0.3 is 9.72 Å². The van der Waals surface area contributed by atoms with Crippen molar-refractivity contribution >= 4 is 11.0 Å². The lowest BCUT2D eigenvalue weighted by Crippen LogP contribution is -2.36. The number of fused-ring (bicyclic) bond motifs is 1. The maximum absolute atomic E-state index is 11.6. The Labute approximate surface area is 79.3 Å². The summed E-state index contributed by atoms with van der Waals surface area (Å²) in [4.78, 5) is 18.3. The highest BCUT2D eigenvalue weighted by molar-refractivity contribution is 5.73. The first kappa shape index (κ1) is 7.75. The van der Waals surface area contributed by atoms with E-state index in [1.165, 1.54) is 0 Å². The molecule has 1 fully saturated rings. The monoisotopic (exact) mass is 191 g/mol. The maximum atomic E-state index is 11.6. The van der Waals surface area contributed by atoms with Gasteiger partial charge in [0, 0.05) is 6.20 Å². The molecule has 0 radical (unpaired) electrons. The van der Waals surface area contributed by atoms with Crippen LogP contribution in [0.4, 0.5) is 0 Å². The summed E-state index contributed by atoms with van der Waals surface area (Å²) in [5, 5.41) is 0. The van der Waals surface area contributed by atoms with E-state index in [9.17, 15) is 4.79 Å². The van der Waals surface area contributed by atoms with Crippen molar-refractivity contribution in [2.45, 2.75) is 6.04 Å². The lowest BCUT2D eigenvalue weighted by molar-refractivity contribution is -0.0228. The van der Waals surface area contributed by atoms with Crippen molar-refractivity contribution in [3.05, 3.63) is 28.9 Å². The van der Waals surface area contributed by atoms with E-state index in [2.05, 4.69) is 9.97 Å². The van der Waals surface area contributed by atoms with Crippen molar-refractivity contribution in [1.29, 1.82) is 0 Å². The van der Waals surface area contributed by atoms with Crippen LogP contribution in [0.1, 0.15) is 6.04 Å². The molecular formula is C9H9N3O2. The second-order valence-electron chi connectivity index (χ2n) is 3.38. The fraction of sp³-hybridized carbons (Fsp3) is 0.333. The lowest BCUT2D eigenvalue weighted by Gasteiger charge is -2.26. The van der Waals surface area contributed by atoms with Crippen LogP contribution in [0.5, 0.6) is 0 Å². The molecule has 0 saturated carbocycles. The molecule has 3 rings (SSSR count). The standard InChI is InChI=1S/C9H9N3O2/c13-9-11-7-3-10-2-1-8(7)12(9)6-4-14-5-6/h1-3,6H,4-5H2,(H,11,13). The Kier molecular flexibility index (Phi) is 1.49. The van der Waals surface area contributed by atoms with Gasteiger partial charge in [-0.05, 0) is 6.07 Å². The summed E-state index contributed by atoms with van der Waals surface area (Å²) >= 11 is 0. The Morgan fingerprint density at radius 3 is 3.14 bits per heavy atom. The topological polar surface area (TPSA) is 59.9 Å². The van der Waals surface area contributed by atoms with E-state index in [4.69, 9.17) is 4.74 Å². The number of imidazole rings is 1. The minimum Gasteiger partial charge on any atom is -0.377 e. The number of hydrogen-bond acceptors (Lipinski definition) is 3. The van der Waals surface area contributed by atoms with E-state index < -0.39 is 0 Å². The molecule has 0 spiro atoms. The van der Waals surface area contributed by atoms with Gasteiger partial charge in [-0.3, -0.25) is 9.55 Å². The quantitative estimate of drug-likeness (QED) is 0.705. The second-order valence-corrected chi connectivity index (χ2v) is 3.38. The van der Waals surface area contributed by atoms with E-state index >= 15 is 0 Å². The third-order valence-corrected chi connectivity index (χ3v) is 2.50. The van der Waals surface area contributed by atoms with Crippen molar-refractivity contribution in [2.75, 3.05) is 13.2 Å². The first-order valence-corrected chi connectivity index (χ1v) is 4.48. The average molecular weight is 191 g/mol. The first-order valence-electron chi connectivity index (χ1n) is 4.48.